The first kappa shape index (κ1) is 12.3. The van der Waals surface area contributed by atoms with Crippen LogP contribution in [0.15, 0.2) is 36.5 Å². The van der Waals surface area contributed by atoms with Crippen molar-refractivity contribution in [3.8, 4) is 11.5 Å². The molecule has 2 aromatic carbocycles. The van der Waals surface area contributed by atoms with Crippen LogP contribution in [0.1, 0.15) is 0 Å². The van der Waals surface area contributed by atoms with Crippen molar-refractivity contribution in [2.24, 2.45) is 0 Å². The Hall–Kier alpha value is -2.46. The zero-order valence-electron chi connectivity index (χ0n) is 11.1. The summed E-state index contributed by atoms with van der Waals surface area (Å²) in [7, 11) is 1.52. The van der Waals surface area contributed by atoms with Crippen LogP contribution in [0.3, 0.4) is 0 Å². The van der Waals surface area contributed by atoms with Gasteiger partial charge in [-0.2, -0.15) is 0 Å². The molecule has 5 heteroatoms. The summed E-state index contributed by atoms with van der Waals surface area (Å²) in [5, 5.41) is 13.6. The van der Waals surface area contributed by atoms with E-state index in [9.17, 15) is 5.11 Å². The van der Waals surface area contributed by atoms with Crippen LogP contribution >= 0.6 is 11.6 Å². The molecule has 0 aliphatic heterocycles. The fourth-order valence-electron chi connectivity index (χ4n) is 2.70. The Bertz CT molecular complexity index is 1010. The Labute approximate surface area is 124 Å². The number of rotatable bonds is 1. The van der Waals surface area contributed by atoms with E-state index in [2.05, 4.69) is 9.97 Å². The molecule has 104 valence electrons. The Morgan fingerprint density at radius 1 is 1.14 bits per heavy atom. The Balaban J connectivity index is 2.18. The van der Waals surface area contributed by atoms with E-state index in [0.717, 1.165) is 32.7 Å². The van der Waals surface area contributed by atoms with Crippen LogP contribution < -0.4 is 4.74 Å². The highest BCUT2D eigenvalue weighted by atomic mass is 35.5. The van der Waals surface area contributed by atoms with Gasteiger partial charge in [-0.3, -0.25) is 4.98 Å². The van der Waals surface area contributed by atoms with Crippen LogP contribution in [-0.2, 0) is 0 Å². The van der Waals surface area contributed by atoms with Crippen LogP contribution in [0.25, 0.3) is 32.7 Å². The molecule has 2 heterocycles. The topological polar surface area (TPSA) is 58.1 Å². The lowest BCUT2D eigenvalue weighted by atomic mass is 10.1. The number of benzene rings is 2. The number of H-pyrrole nitrogens is 1. The van der Waals surface area contributed by atoms with E-state index in [-0.39, 0.29) is 5.75 Å². The van der Waals surface area contributed by atoms with Crippen LogP contribution in [0.2, 0.25) is 5.02 Å². The maximum absolute atomic E-state index is 10.00. The predicted octanol–water partition coefficient (Wildman–Crippen LogP) is 4.24. The van der Waals surface area contributed by atoms with Gasteiger partial charge in [0.2, 0.25) is 0 Å². The number of nitrogens with zero attached hydrogens (tertiary/aromatic N) is 1. The minimum Gasteiger partial charge on any atom is -0.504 e. The van der Waals surface area contributed by atoms with Gasteiger partial charge in [-0.1, -0.05) is 17.7 Å². The van der Waals surface area contributed by atoms with Crippen molar-refractivity contribution in [1.29, 1.82) is 0 Å². The highest BCUT2D eigenvalue weighted by Crippen LogP contribution is 2.36. The summed E-state index contributed by atoms with van der Waals surface area (Å²) >= 11 is 6.04. The predicted molar refractivity (Wildman–Crippen MR) is 84.3 cm³/mol. The molecule has 0 unspecified atom stereocenters. The summed E-state index contributed by atoms with van der Waals surface area (Å²) in [6, 6.07) is 9.09. The average Bonchev–Trinajstić information content (AvgIpc) is 2.84. The molecule has 4 nitrogen and oxygen atoms in total. The number of pyridine rings is 1. The van der Waals surface area contributed by atoms with Crippen molar-refractivity contribution in [3.05, 3.63) is 41.6 Å². The zero-order chi connectivity index (χ0) is 14.6. The van der Waals surface area contributed by atoms with Gasteiger partial charge in [0.25, 0.3) is 0 Å². The van der Waals surface area contributed by atoms with E-state index in [1.54, 1.807) is 12.1 Å². The van der Waals surface area contributed by atoms with Crippen LogP contribution in [0.4, 0.5) is 0 Å². The first-order valence-electron chi connectivity index (χ1n) is 6.44. The van der Waals surface area contributed by atoms with Gasteiger partial charge in [-0.25, -0.2) is 0 Å². The van der Waals surface area contributed by atoms with Crippen molar-refractivity contribution in [1.82, 2.24) is 9.97 Å². The molecule has 0 aliphatic rings. The van der Waals surface area contributed by atoms with E-state index in [1.807, 2.05) is 24.4 Å². The molecule has 21 heavy (non-hydrogen) atoms. The number of aromatic hydroxyl groups is 1. The Morgan fingerprint density at radius 3 is 2.81 bits per heavy atom. The number of hydrogen-bond donors (Lipinski definition) is 2. The minimum absolute atomic E-state index is 0.0935. The first-order chi connectivity index (χ1) is 10.2. The van der Waals surface area contributed by atoms with Gasteiger partial charge in [0.05, 0.1) is 18.1 Å². The number of phenols is 1. The third kappa shape index (κ3) is 1.73. The second kappa shape index (κ2) is 4.27. The molecule has 4 aromatic rings. The molecular formula is C16H11ClN2O2. The van der Waals surface area contributed by atoms with E-state index in [1.165, 1.54) is 7.11 Å². The summed E-state index contributed by atoms with van der Waals surface area (Å²) in [6.45, 7) is 0. The Kier molecular flexibility index (Phi) is 2.50. The molecular weight excluding hydrogens is 288 g/mol. The maximum atomic E-state index is 10.00. The number of ether oxygens (including phenoxy) is 1. The molecule has 0 atom stereocenters. The highest BCUT2D eigenvalue weighted by molar-refractivity contribution is 6.31. The fraction of sp³-hybridized carbons (Fsp3) is 0.0625. The summed E-state index contributed by atoms with van der Waals surface area (Å²) < 4.78 is 5.12. The quantitative estimate of drug-likeness (QED) is 0.552. The number of phenolic OH excluding ortho intramolecular Hbond substituents is 1. The number of fused-ring (bicyclic) bond motifs is 5. The van der Waals surface area contributed by atoms with E-state index in [0.29, 0.717) is 10.8 Å². The van der Waals surface area contributed by atoms with E-state index < -0.39 is 0 Å². The largest absolute Gasteiger partial charge is 0.504 e. The molecule has 4 rings (SSSR count). The molecule has 0 saturated heterocycles. The van der Waals surface area contributed by atoms with Crippen molar-refractivity contribution in [3.63, 3.8) is 0 Å². The molecule has 0 spiro atoms. The molecule has 0 amide bonds. The normalized spacial score (nSPS) is 11.5. The van der Waals surface area contributed by atoms with Crippen molar-refractivity contribution in [2.45, 2.75) is 0 Å². The van der Waals surface area contributed by atoms with Crippen LogP contribution in [-0.4, -0.2) is 22.2 Å². The third-order valence-corrected chi connectivity index (χ3v) is 3.94. The van der Waals surface area contributed by atoms with Gasteiger partial charge < -0.3 is 14.8 Å². The maximum Gasteiger partial charge on any atom is 0.162 e. The summed E-state index contributed by atoms with van der Waals surface area (Å²) in [4.78, 5) is 7.81. The molecule has 0 aliphatic carbocycles. The smallest absolute Gasteiger partial charge is 0.162 e. The molecule has 0 saturated carbocycles. The van der Waals surface area contributed by atoms with Gasteiger partial charge in [0.1, 0.15) is 0 Å². The molecule has 2 aromatic heterocycles. The highest BCUT2D eigenvalue weighted by Gasteiger charge is 2.12. The molecule has 0 bridgehead atoms. The average molecular weight is 299 g/mol. The lowest BCUT2D eigenvalue weighted by molar-refractivity contribution is 0.374. The lowest BCUT2D eigenvalue weighted by Crippen LogP contribution is -1.86. The van der Waals surface area contributed by atoms with Gasteiger partial charge in [0.15, 0.2) is 11.5 Å². The van der Waals surface area contributed by atoms with E-state index >= 15 is 0 Å². The standard InChI is InChI=1S/C16H11ClN2O2/c1-21-15-6-12-10(5-14(15)20)16-11(7-18-12)9-3-2-8(17)4-13(9)19-16/h2-7,19-20H,1H3. The summed E-state index contributed by atoms with van der Waals surface area (Å²) in [5.41, 5.74) is 2.63. The minimum atomic E-state index is 0.0935. The lowest BCUT2D eigenvalue weighted by Gasteiger charge is -2.05. The van der Waals surface area contributed by atoms with Gasteiger partial charge in [-0.15, -0.1) is 0 Å². The van der Waals surface area contributed by atoms with Gasteiger partial charge >= 0.3 is 0 Å². The van der Waals surface area contributed by atoms with Crippen molar-refractivity contribution < 1.29 is 9.84 Å². The Morgan fingerprint density at radius 2 is 2.00 bits per heavy atom. The number of nitrogens with one attached hydrogen (secondary N) is 1. The molecule has 0 fully saturated rings. The third-order valence-electron chi connectivity index (χ3n) is 3.70. The summed E-state index contributed by atoms with van der Waals surface area (Å²) in [5.74, 6) is 0.504. The molecule has 0 radical (unpaired) electrons. The second-order valence-corrected chi connectivity index (χ2v) is 5.34. The second-order valence-electron chi connectivity index (χ2n) is 4.90. The fourth-order valence-corrected chi connectivity index (χ4v) is 2.87. The first-order valence-corrected chi connectivity index (χ1v) is 6.82. The zero-order valence-corrected chi connectivity index (χ0v) is 11.9. The number of methoxy groups -OCH3 is 1. The number of hydrogen-bond acceptors (Lipinski definition) is 3. The van der Waals surface area contributed by atoms with Crippen molar-refractivity contribution in [2.75, 3.05) is 7.11 Å². The molecule has 2 N–H and O–H groups in total. The SMILES string of the molecule is COc1cc2ncc3c4ccc(Cl)cc4[nH]c3c2cc1O. The monoisotopic (exact) mass is 298 g/mol. The van der Waals surface area contributed by atoms with Gasteiger partial charge in [0, 0.05) is 39.0 Å². The summed E-state index contributed by atoms with van der Waals surface area (Å²) in [6.07, 6.45) is 1.82. The number of halogens is 1. The number of aromatic nitrogens is 2. The van der Waals surface area contributed by atoms with Crippen molar-refractivity contribution >= 4 is 44.3 Å². The van der Waals surface area contributed by atoms with Crippen LogP contribution in [0.5, 0.6) is 11.5 Å². The van der Waals surface area contributed by atoms with E-state index in [4.69, 9.17) is 16.3 Å². The van der Waals surface area contributed by atoms with Gasteiger partial charge in [-0.05, 0) is 18.2 Å². The number of aromatic amines is 1. The van der Waals surface area contributed by atoms with Crippen LogP contribution in [0, 0.1) is 0 Å².